The molecule has 0 saturated heterocycles. The molecule has 0 unspecified atom stereocenters. The molecular formula is C19H13Cl3N2O2. The van der Waals surface area contributed by atoms with Crippen molar-refractivity contribution < 1.29 is 9.53 Å². The lowest BCUT2D eigenvalue weighted by Gasteiger charge is -2.14. The van der Waals surface area contributed by atoms with E-state index in [1.165, 1.54) is 12.1 Å². The predicted octanol–water partition coefficient (Wildman–Crippen LogP) is 5.78. The van der Waals surface area contributed by atoms with E-state index >= 15 is 0 Å². The first-order valence-electron chi connectivity index (χ1n) is 7.54. The maximum absolute atomic E-state index is 12.5. The summed E-state index contributed by atoms with van der Waals surface area (Å²) < 4.78 is 7.39. The summed E-state index contributed by atoms with van der Waals surface area (Å²) in [5.74, 6) is -0.249. The number of rotatable bonds is 5. The fraction of sp³-hybridized carbons (Fsp3) is 0.0526. The van der Waals surface area contributed by atoms with Crippen LogP contribution in [0.25, 0.3) is 5.57 Å². The van der Waals surface area contributed by atoms with E-state index in [0.29, 0.717) is 27.9 Å². The molecule has 0 aliphatic heterocycles. The van der Waals surface area contributed by atoms with E-state index in [4.69, 9.17) is 39.5 Å². The van der Waals surface area contributed by atoms with Crippen LogP contribution in [0.4, 0.5) is 0 Å². The van der Waals surface area contributed by atoms with Gasteiger partial charge in [0.05, 0.1) is 16.9 Å². The summed E-state index contributed by atoms with van der Waals surface area (Å²) in [6.07, 6.45) is 5.17. The smallest absolute Gasteiger partial charge is 0.345 e. The molecule has 26 heavy (non-hydrogen) atoms. The summed E-state index contributed by atoms with van der Waals surface area (Å²) in [6.45, 7) is 4.55. The van der Waals surface area contributed by atoms with Crippen molar-refractivity contribution in [2.75, 3.05) is 0 Å². The highest BCUT2D eigenvalue weighted by atomic mass is 35.5. The Kier molecular flexibility index (Phi) is 5.67. The van der Waals surface area contributed by atoms with Crippen LogP contribution in [0.1, 0.15) is 15.9 Å². The second-order valence-corrected chi connectivity index (χ2v) is 6.77. The third-order valence-corrected chi connectivity index (χ3v) is 4.39. The van der Waals surface area contributed by atoms with Crippen molar-refractivity contribution in [1.29, 1.82) is 0 Å². The maximum Gasteiger partial charge on any atom is 0.345 e. The number of carbonyl (C=O) groups is 1. The third-order valence-electron chi connectivity index (χ3n) is 3.61. The van der Waals surface area contributed by atoms with Crippen LogP contribution in [0.15, 0.2) is 61.7 Å². The SMILES string of the molecule is C=C(Cn1ccnc1)c1cc(Cl)ccc1OC(=O)c1ccc(Cl)cc1Cl. The molecule has 0 spiro atoms. The lowest BCUT2D eigenvalue weighted by Crippen LogP contribution is -2.11. The van der Waals surface area contributed by atoms with Crippen LogP contribution in [0.2, 0.25) is 15.1 Å². The van der Waals surface area contributed by atoms with Crippen molar-refractivity contribution in [3.05, 3.63) is 87.9 Å². The lowest BCUT2D eigenvalue weighted by molar-refractivity contribution is 0.0734. The largest absolute Gasteiger partial charge is 0.422 e. The monoisotopic (exact) mass is 406 g/mol. The molecule has 3 aromatic rings. The predicted molar refractivity (Wildman–Crippen MR) is 104 cm³/mol. The first-order chi connectivity index (χ1) is 12.4. The Morgan fingerprint density at radius 2 is 1.81 bits per heavy atom. The first kappa shape index (κ1) is 18.5. The molecule has 1 aromatic heterocycles. The van der Waals surface area contributed by atoms with Gasteiger partial charge in [0.15, 0.2) is 0 Å². The van der Waals surface area contributed by atoms with Crippen molar-refractivity contribution >= 4 is 46.3 Å². The average molecular weight is 408 g/mol. The Labute approximate surface area is 165 Å². The summed E-state index contributed by atoms with van der Waals surface area (Å²) in [5, 5.41) is 1.17. The van der Waals surface area contributed by atoms with Gasteiger partial charge in [-0.05, 0) is 42.0 Å². The highest BCUT2D eigenvalue weighted by molar-refractivity contribution is 6.36. The zero-order chi connectivity index (χ0) is 18.7. The Morgan fingerprint density at radius 3 is 2.50 bits per heavy atom. The molecule has 7 heteroatoms. The Bertz CT molecular complexity index is 969. The third kappa shape index (κ3) is 4.28. The minimum absolute atomic E-state index is 0.218. The molecule has 132 valence electrons. The molecular weight excluding hydrogens is 395 g/mol. The van der Waals surface area contributed by atoms with Gasteiger partial charge in [-0.1, -0.05) is 41.4 Å². The quantitative estimate of drug-likeness (QED) is 0.398. The van der Waals surface area contributed by atoms with E-state index in [9.17, 15) is 4.79 Å². The van der Waals surface area contributed by atoms with Gasteiger partial charge in [-0.2, -0.15) is 0 Å². The van der Waals surface area contributed by atoms with Gasteiger partial charge in [-0.15, -0.1) is 0 Å². The van der Waals surface area contributed by atoms with E-state index in [1.807, 2.05) is 10.8 Å². The van der Waals surface area contributed by atoms with Crippen LogP contribution >= 0.6 is 34.8 Å². The Morgan fingerprint density at radius 1 is 1.08 bits per heavy atom. The number of imidazole rings is 1. The lowest BCUT2D eigenvalue weighted by atomic mass is 10.1. The second-order valence-electron chi connectivity index (χ2n) is 5.49. The van der Waals surface area contributed by atoms with Gasteiger partial charge >= 0.3 is 5.97 Å². The summed E-state index contributed by atoms with van der Waals surface area (Å²) >= 11 is 18.0. The van der Waals surface area contributed by atoms with Crippen LogP contribution in [-0.2, 0) is 6.54 Å². The molecule has 0 radical (unpaired) electrons. The molecule has 0 bridgehead atoms. The number of hydrogen-bond donors (Lipinski definition) is 0. The van der Waals surface area contributed by atoms with Crippen molar-refractivity contribution in [3.63, 3.8) is 0 Å². The van der Waals surface area contributed by atoms with Gasteiger partial charge in [0.2, 0.25) is 0 Å². The number of halogens is 3. The molecule has 0 aliphatic carbocycles. The fourth-order valence-electron chi connectivity index (χ4n) is 2.36. The number of benzene rings is 2. The molecule has 0 amide bonds. The molecule has 0 atom stereocenters. The van der Waals surface area contributed by atoms with Gasteiger partial charge in [-0.25, -0.2) is 9.78 Å². The van der Waals surface area contributed by atoms with Crippen molar-refractivity contribution in [2.24, 2.45) is 0 Å². The normalized spacial score (nSPS) is 10.6. The number of hydrogen-bond acceptors (Lipinski definition) is 3. The van der Waals surface area contributed by atoms with Crippen LogP contribution in [-0.4, -0.2) is 15.5 Å². The minimum Gasteiger partial charge on any atom is -0.422 e. The van der Waals surface area contributed by atoms with Crippen molar-refractivity contribution in [2.45, 2.75) is 6.54 Å². The molecule has 0 aliphatic rings. The highest BCUT2D eigenvalue weighted by Gasteiger charge is 2.17. The Balaban J connectivity index is 1.87. The number of aromatic nitrogens is 2. The fourth-order valence-corrected chi connectivity index (χ4v) is 3.02. The number of carbonyl (C=O) groups excluding carboxylic acids is 1. The zero-order valence-corrected chi connectivity index (χ0v) is 15.7. The maximum atomic E-state index is 12.5. The molecule has 4 nitrogen and oxygen atoms in total. The molecule has 3 rings (SSSR count). The standard InChI is InChI=1S/C19H13Cl3N2O2/c1-12(10-24-7-6-23-11-24)16-8-13(20)3-5-18(16)26-19(25)15-4-2-14(21)9-17(15)22/h2-9,11H,1,10H2. The second kappa shape index (κ2) is 7.96. The number of ether oxygens (including phenoxy) is 1. The zero-order valence-electron chi connectivity index (χ0n) is 13.5. The topological polar surface area (TPSA) is 44.1 Å². The molecule has 0 fully saturated rings. The summed E-state index contributed by atoms with van der Waals surface area (Å²) in [6, 6.07) is 9.54. The van der Waals surface area contributed by atoms with Gasteiger partial charge in [-0.3, -0.25) is 0 Å². The van der Waals surface area contributed by atoms with Crippen LogP contribution in [0, 0.1) is 0 Å². The number of nitrogens with zero attached hydrogens (tertiary/aromatic N) is 2. The van der Waals surface area contributed by atoms with Crippen LogP contribution in [0.5, 0.6) is 5.75 Å². The van der Waals surface area contributed by atoms with Gasteiger partial charge in [0, 0.05) is 34.5 Å². The van der Waals surface area contributed by atoms with E-state index in [2.05, 4.69) is 11.6 Å². The Hall–Kier alpha value is -2.27. The van der Waals surface area contributed by atoms with E-state index in [0.717, 1.165) is 5.57 Å². The van der Waals surface area contributed by atoms with Crippen molar-refractivity contribution in [3.8, 4) is 5.75 Å². The van der Waals surface area contributed by atoms with E-state index in [-0.39, 0.29) is 10.6 Å². The molecule has 0 N–H and O–H groups in total. The summed E-state index contributed by atoms with van der Waals surface area (Å²) in [5.41, 5.74) is 1.57. The molecule has 2 aromatic carbocycles. The summed E-state index contributed by atoms with van der Waals surface area (Å²) in [7, 11) is 0. The average Bonchev–Trinajstić information content (AvgIpc) is 3.09. The van der Waals surface area contributed by atoms with Crippen LogP contribution in [0.3, 0.4) is 0 Å². The summed E-state index contributed by atoms with van der Waals surface area (Å²) in [4.78, 5) is 16.5. The van der Waals surface area contributed by atoms with Crippen molar-refractivity contribution in [1.82, 2.24) is 9.55 Å². The number of allylic oxidation sites excluding steroid dienone is 1. The van der Waals surface area contributed by atoms with Crippen LogP contribution < -0.4 is 4.74 Å². The molecule has 1 heterocycles. The van der Waals surface area contributed by atoms with Gasteiger partial charge < -0.3 is 9.30 Å². The van der Waals surface area contributed by atoms with Gasteiger partial charge in [0.25, 0.3) is 0 Å². The highest BCUT2D eigenvalue weighted by Crippen LogP contribution is 2.31. The van der Waals surface area contributed by atoms with E-state index in [1.54, 1.807) is 36.8 Å². The first-order valence-corrected chi connectivity index (χ1v) is 8.68. The molecule has 0 saturated carbocycles. The minimum atomic E-state index is -0.592. The number of esters is 1. The van der Waals surface area contributed by atoms with Gasteiger partial charge in [0.1, 0.15) is 5.75 Å². The van der Waals surface area contributed by atoms with E-state index < -0.39 is 5.97 Å².